The Morgan fingerprint density at radius 2 is 2.04 bits per heavy atom. The van der Waals surface area contributed by atoms with Crippen LogP contribution >= 0.6 is 0 Å². The molecular weight excluding hydrogens is 348 g/mol. The molecule has 26 heavy (non-hydrogen) atoms. The Hall–Kier alpha value is -3.23. The summed E-state index contributed by atoms with van der Waals surface area (Å²) in [5.41, 5.74) is 0.467. The van der Waals surface area contributed by atoms with Crippen LogP contribution in [0.15, 0.2) is 36.5 Å². The lowest BCUT2D eigenvalue weighted by molar-refractivity contribution is -0.122. The summed E-state index contributed by atoms with van der Waals surface area (Å²) in [7, 11) is 1.19. The van der Waals surface area contributed by atoms with E-state index in [2.05, 4.69) is 20.4 Å². The highest BCUT2D eigenvalue weighted by molar-refractivity contribution is 5.85. The van der Waals surface area contributed by atoms with Gasteiger partial charge in [0.1, 0.15) is 11.9 Å². The molecule has 1 atom stereocenters. The zero-order chi connectivity index (χ0) is 19.1. The summed E-state index contributed by atoms with van der Waals surface area (Å²) in [5, 5.41) is 4.92. The fourth-order valence-corrected chi connectivity index (χ4v) is 1.95. The SMILES string of the molecule is COC(=O)N[C@@H](C)C(=O)NCc1cccnc1Oc1ccc(F)cc1F. The van der Waals surface area contributed by atoms with Crippen molar-refractivity contribution in [1.82, 2.24) is 15.6 Å². The highest BCUT2D eigenvalue weighted by Crippen LogP contribution is 2.25. The number of methoxy groups -OCH3 is 1. The topological polar surface area (TPSA) is 89.5 Å². The second-order valence-electron chi connectivity index (χ2n) is 5.22. The minimum Gasteiger partial charge on any atom is -0.453 e. The highest BCUT2D eigenvalue weighted by Gasteiger charge is 2.17. The fraction of sp³-hybridized carbons (Fsp3) is 0.235. The maximum absolute atomic E-state index is 13.7. The molecule has 2 aromatic rings. The van der Waals surface area contributed by atoms with Crippen LogP contribution in [0.5, 0.6) is 11.6 Å². The molecule has 2 amide bonds. The minimum atomic E-state index is -0.874. The number of ether oxygens (including phenoxy) is 2. The maximum Gasteiger partial charge on any atom is 0.407 e. The Bertz CT molecular complexity index is 801. The molecule has 1 aromatic carbocycles. The molecule has 0 aliphatic carbocycles. The smallest absolute Gasteiger partial charge is 0.407 e. The number of rotatable bonds is 6. The zero-order valence-corrected chi connectivity index (χ0v) is 14.1. The number of halogens is 2. The molecule has 2 rings (SSSR count). The molecule has 0 bridgehead atoms. The molecular formula is C17H17F2N3O4. The number of alkyl carbamates (subject to hydrolysis) is 1. The van der Waals surface area contributed by atoms with E-state index in [0.29, 0.717) is 11.6 Å². The van der Waals surface area contributed by atoms with Gasteiger partial charge in [0.25, 0.3) is 0 Å². The van der Waals surface area contributed by atoms with Crippen LogP contribution < -0.4 is 15.4 Å². The molecule has 9 heteroatoms. The molecule has 0 fully saturated rings. The highest BCUT2D eigenvalue weighted by atomic mass is 19.1. The Morgan fingerprint density at radius 1 is 1.27 bits per heavy atom. The third-order valence-corrected chi connectivity index (χ3v) is 3.32. The Balaban J connectivity index is 2.04. The Kier molecular flexibility index (Phi) is 6.42. The van der Waals surface area contributed by atoms with E-state index < -0.39 is 29.7 Å². The van der Waals surface area contributed by atoms with Gasteiger partial charge in [-0.3, -0.25) is 4.79 Å². The number of hydrogen-bond acceptors (Lipinski definition) is 5. The van der Waals surface area contributed by atoms with Gasteiger partial charge in [-0.25, -0.2) is 18.6 Å². The summed E-state index contributed by atoms with van der Waals surface area (Å²) in [6.07, 6.45) is 0.702. The van der Waals surface area contributed by atoms with Gasteiger partial charge in [0.15, 0.2) is 11.6 Å². The average Bonchev–Trinajstić information content (AvgIpc) is 2.62. The van der Waals surface area contributed by atoms with Crippen molar-refractivity contribution in [2.45, 2.75) is 19.5 Å². The molecule has 7 nitrogen and oxygen atoms in total. The van der Waals surface area contributed by atoms with E-state index in [4.69, 9.17) is 4.74 Å². The van der Waals surface area contributed by atoms with Gasteiger partial charge in [0.2, 0.25) is 11.8 Å². The third-order valence-electron chi connectivity index (χ3n) is 3.32. The van der Waals surface area contributed by atoms with E-state index in [1.165, 1.54) is 20.2 Å². The van der Waals surface area contributed by atoms with Crippen LogP contribution in [0.1, 0.15) is 12.5 Å². The summed E-state index contributed by atoms with van der Waals surface area (Å²) < 4.78 is 36.5. The van der Waals surface area contributed by atoms with Crippen LogP contribution in [0.2, 0.25) is 0 Å². The van der Waals surface area contributed by atoms with Crippen molar-refractivity contribution in [2.75, 3.05) is 7.11 Å². The first kappa shape index (κ1) is 19.1. The lowest BCUT2D eigenvalue weighted by atomic mass is 10.2. The molecule has 1 aromatic heterocycles. The van der Waals surface area contributed by atoms with Crippen LogP contribution in [0.25, 0.3) is 0 Å². The van der Waals surface area contributed by atoms with Gasteiger partial charge >= 0.3 is 6.09 Å². The number of carbonyl (C=O) groups is 2. The van der Waals surface area contributed by atoms with Crippen LogP contribution in [-0.2, 0) is 16.1 Å². The lowest BCUT2D eigenvalue weighted by Crippen LogP contribution is -2.44. The molecule has 0 spiro atoms. The largest absolute Gasteiger partial charge is 0.453 e. The number of aromatic nitrogens is 1. The third kappa shape index (κ3) is 5.13. The standard InChI is InChI=1S/C17H17F2N3O4/c1-10(22-17(24)25-2)15(23)21-9-11-4-3-7-20-16(11)26-14-6-5-12(18)8-13(14)19/h3-8,10H,9H2,1-2H3,(H,21,23)(H,22,24)/t10-/m0/s1. The second kappa shape index (κ2) is 8.75. The Labute approximate surface area is 148 Å². The number of nitrogens with zero attached hydrogens (tertiary/aromatic N) is 1. The average molecular weight is 365 g/mol. The summed E-state index contributed by atoms with van der Waals surface area (Å²) in [6, 6.07) is 5.32. The van der Waals surface area contributed by atoms with E-state index in [9.17, 15) is 18.4 Å². The summed E-state index contributed by atoms with van der Waals surface area (Å²) in [6.45, 7) is 1.51. The summed E-state index contributed by atoms with van der Waals surface area (Å²) in [5.74, 6) is -2.19. The van der Waals surface area contributed by atoms with Crippen LogP contribution in [0, 0.1) is 11.6 Å². The van der Waals surface area contributed by atoms with E-state index in [1.807, 2.05) is 0 Å². The predicted molar refractivity (Wildman–Crippen MR) is 87.5 cm³/mol. The van der Waals surface area contributed by atoms with Gasteiger partial charge in [0.05, 0.1) is 7.11 Å². The molecule has 0 unspecified atom stereocenters. The zero-order valence-electron chi connectivity index (χ0n) is 14.1. The molecule has 138 valence electrons. The molecule has 1 heterocycles. The maximum atomic E-state index is 13.7. The number of carbonyl (C=O) groups excluding carboxylic acids is 2. The van der Waals surface area contributed by atoms with Crippen LogP contribution in [-0.4, -0.2) is 30.1 Å². The van der Waals surface area contributed by atoms with Crippen molar-refractivity contribution in [2.24, 2.45) is 0 Å². The van der Waals surface area contributed by atoms with Crippen molar-refractivity contribution in [3.8, 4) is 11.6 Å². The van der Waals surface area contributed by atoms with Gasteiger partial charge in [-0.2, -0.15) is 0 Å². The quantitative estimate of drug-likeness (QED) is 0.821. The monoisotopic (exact) mass is 365 g/mol. The molecule has 0 aliphatic heterocycles. The fourth-order valence-electron chi connectivity index (χ4n) is 1.95. The minimum absolute atomic E-state index is 0.0258. The van der Waals surface area contributed by atoms with E-state index in [-0.39, 0.29) is 18.2 Å². The number of amides is 2. The van der Waals surface area contributed by atoms with Crippen molar-refractivity contribution in [3.05, 3.63) is 53.7 Å². The second-order valence-corrected chi connectivity index (χ2v) is 5.22. The first-order valence-corrected chi connectivity index (χ1v) is 7.59. The van der Waals surface area contributed by atoms with Crippen molar-refractivity contribution < 1.29 is 27.8 Å². The predicted octanol–water partition coefficient (Wildman–Crippen LogP) is 2.51. The van der Waals surface area contributed by atoms with E-state index >= 15 is 0 Å². The number of pyridine rings is 1. The molecule has 0 saturated carbocycles. The normalized spacial score (nSPS) is 11.4. The van der Waals surface area contributed by atoms with E-state index in [0.717, 1.165) is 12.1 Å². The Morgan fingerprint density at radius 3 is 2.73 bits per heavy atom. The number of nitrogens with one attached hydrogen (secondary N) is 2. The molecule has 0 aliphatic rings. The van der Waals surface area contributed by atoms with Gasteiger partial charge in [-0.15, -0.1) is 0 Å². The van der Waals surface area contributed by atoms with E-state index in [1.54, 1.807) is 12.1 Å². The summed E-state index contributed by atoms with van der Waals surface area (Å²) >= 11 is 0. The summed E-state index contributed by atoms with van der Waals surface area (Å²) in [4.78, 5) is 27.1. The number of hydrogen-bond donors (Lipinski definition) is 2. The van der Waals surface area contributed by atoms with Gasteiger partial charge < -0.3 is 20.1 Å². The first-order chi connectivity index (χ1) is 12.4. The first-order valence-electron chi connectivity index (χ1n) is 7.59. The van der Waals surface area contributed by atoms with Crippen LogP contribution in [0.4, 0.5) is 13.6 Å². The molecule has 2 N–H and O–H groups in total. The van der Waals surface area contributed by atoms with Gasteiger partial charge in [-0.05, 0) is 25.1 Å². The molecule has 0 saturated heterocycles. The van der Waals surface area contributed by atoms with Crippen molar-refractivity contribution in [1.29, 1.82) is 0 Å². The van der Waals surface area contributed by atoms with Gasteiger partial charge in [-0.1, -0.05) is 6.07 Å². The number of benzene rings is 1. The van der Waals surface area contributed by atoms with Crippen LogP contribution in [0.3, 0.4) is 0 Å². The lowest BCUT2D eigenvalue weighted by Gasteiger charge is -2.14. The van der Waals surface area contributed by atoms with Crippen molar-refractivity contribution >= 4 is 12.0 Å². The van der Waals surface area contributed by atoms with Crippen molar-refractivity contribution in [3.63, 3.8) is 0 Å². The van der Waals surface area contributed by atoms with Gasteiger partial charge in [0, 0.05) is 24.4 Å². The molecule has 0 radical (unpaired) electrons.